The average Bonchev–Trinajstić information content (AvgIpc) is 3.06. The number of nitrogens with zero attached hydrogens (tertiary/aromatic N) is 3. The second-order valence-electron chi connectivity index (χ2n) is 5.21. The van der Waals surface area contributed by atoms with Crippen molar-refractivity contribution in [1.29, 1.82) is 0 Å². The molecule has 1 aliphatic carbocycles. The van der Waals surface area contributed by atoms with Crippen LogP contribution in [0.2, 0.25) is 0 Å². The van der Waals surface area contributed by atoms with Gasteiger partial charge in [0.05, 0.1) is 0 Å². The van der Waals surface area contributed by atoms with Crippen LogP contribution in [0, 0.1) is 0 Å². The lowest BCUT2D eigenvalue weighted by atomic mass is 10.1. The molecule has 1 fully saturated rings. The highest BCUT2D eigenvalue weighted by Crippen LogP contribution is 2.21. The van der Waals surface area contributed by atoms with Crippen molar-refractivity contribution in [1.82, 2.24) is 20.3 Å². The summed E-state index contributed by atoms with van der Waals surface area (Å²) in [5.41, 5.74) is 3.17. The van der Waals surface area contributed by atoms with Crippen LogP contribution in [0.1, 0.15) is 31.4 Å². The molecule has 1 aromatic heterocycles. The molecule has 1 N–H and O–H groups in total. The molecule has 2 aromatic rings. The van der Waals surface area contributed by atoms with Gasteiger partial charge >= 0.3 is 0 Å². The maximum Gasteiger partial charge on any atom is 0.117 e. The maximum atomic E-state index is 4.49. The first-order chi connectivity index (χ1) is 9.33. The van der Waals surface area contributed by atoms with Crippen molar-refractivity contribution in [3.63, 3.8) is 0 Å². The van der Waals surface area contributed by atoms with Gasteiger partial charge in [-0.25, -0.2) is 0 Å². The molecule has 0 amide bonds. The van der Waals surface area contributed by atoms with Gasteiger partial charge in [0, 0.05) is 25.2 Å². The summed E-state index contributed by atoms with van der Waals surface area (Å²) in [6.07, 6.45) is 5.29. The standard InChI is InChI=1S/C15H20N4.ClH/c1-19-17-14(11-16-13-9-5-6-10-13)15(18-19)12-7-3-2-4-8-12;/h2-4,7-8,13,16H,5-6,9-11H2,1H3;1H. The Bertz CT molecular complexity index is 532. The van der Waals surface area contributed by atoms with Crippen LogP contribution in [0.25, 0.3) is 11.3 Å². The van der Waals surface area contributed by atoms with Crippen molar-refractivity contribution in [3.8, 4) is 11.3 Å². The van der Waals surface area contributed by atoms with Gasteiger partial charge < -0.3 is 5.32 Å². The smallest absolute Gasteiger partial charge is 0.117 e. The molecule has 0 radical (unpaired) electrons. The fourth-order valence-electron chi connectivity index (χ4n) is 2.76. The summed E-state index contributed by atoms with van der Waals surface area (Å²) in [6.45, 7) is 0.808. The van der Waals surface area contributed by atoms with Crippen LogP contribution in [0.3, 0.4) is 0 Å². The Balaban J connectivity index is 0.00000147. The van der Waals surface area contributed by atoms with Crippen LogP contribution in [-0.4, -0.2) is 21.0 Å². The Morgan fingerprint density at radius 3 is 2.55 bits per heavy atom. The molecule has 0 aliphatic heterocycles. The van der Waals surface area contributed by atoms with Gasteiger partial charge in [-0.3, -0.25) is 0 Å². The average molecular weight is 293 g/mol. The Morgan fingerprint density at radius 1 is 1.15 bits per heavy atom. The summed E-state index contributed by atoms with van der Waals surface area (Å²) in [6, 6.07) is 10.9. The van der Waals surface area contributed by atoms with E-state index in [9.17, 15) is 0 Å². The lowest BCUT2D eigenvalue weighted by Gasteiger charge is -2.10. The third-order valence-electron chi connectivity index (χ3n) is 3.74. The summed E-state index contributed by atoms with van der Waals surface area (Å²) >= 11 is 0. The van der Waals surface area contributed by atoms with E-state index < -0.39 is 0 Å². The number of benzene rings is 1. The van der Waals surface area contributed by atoms with E-state index >= 15 is 0 Å². The predicted molar refractivity (Wildman–Crippen MR) is 82.8 cm³/mol. The molecule has 0 atom stereocenters. The van der Waals surface area contributed by atoms with Crippen LogP contribution in [-0.2, 0) is 13.6 Å². The number of rotatable bonds is 4. The summed E-state index contributed by atoms with van der Waals surface area (Å²) in [7, 11) is 1.88. The van der Waals surface area contributed by atoms with Crippen molar-refractivity contribution in [2.45, 2.75) is 38.3 Å². The summed E-state index contributed by atoms with van der Waals surface area (Å²) in [5, 5.41) is 12.6. The van der Waals surface area contributed by atoms with Crippen LogP contribution in [0.15, 0.2) is 30.3 Å². The van der Waals surface area contributed by atoms with E-state index in [-0.39, 0.29) is 12.4 Å². The van der Waals surface area contributed by atoms with Gasteiger partial charge in [0.25, 0.3) is 0 Å². The van der Waals surface area contributed by atoms with E-state index in [0.29, 0.717) is 6.04 Å². The molecular weight excluding hydrogens is 272 g/mol. The van der Waals surface area contributed by atoms with E-state index in [2.05, 4.69) is 27.6 Å². The van der Waals surface area contributed by atoms with Crippen molar-refractivity contribution in [3.05, 3.63) is 36.0 Å². The zero-order valence-electron chi connectivity index (χ0n) is 11.7. The van der Waals surface area contributed by atoms with Crippen molar-refractivity contribution in [2.75, 3.05) is 0 Å². The molecule has 1 aromatic carbocycles. The predicted octanol–water partition coefficient (Wildman–Crippen LogP) is 2.94. The van der Waals surface area contributed by atoms with Crippen LogP contribution in [0.4, 0.5) is 0 Å². The lowest BCUT2D eigenvalue weighted by Crippen LogP contribution is -2.25. The molecule has 0 bridgehead atoms. The number of aromatic nitrogens is 3. The Labute approximate surface area is 126 Å². The molecule has 0 saturated heterocycles. The molecule has 1 heterocycles. The normalized spacial score (nSPS) is 15.2. The van der Waals surface area contributed by atoms with Crippen molar-refractivity contribution >= 4 is 12.4 Å². The van der Waals surface area contributed by atoms with Gasteiger partial charge in [-0.2, -0.15) is 15.0 Å². The zero-order valence-corrected chi connectivity index (χ0v) is 12.6. The van der Waals surface area contributed by atoms with Crippen LogP contribution < -0.4 is 5.32 Å². The first kappa shape index (κ1) is 15.0. The number of hydrogen-bond donors (Lipinski definition) is 1. The van der Waals surface area contributed by atoms with Crippen LogP contribution >= 0.6 is 12.4 Å². The van der Waals surface area contributed by atoms with Gasteiger partial charge in [-0.15, -0.1) is 12.4 Å². The Hall–Kier alpha value is -1.39. The van der Waals surface area contributed by atoms with E-state index in [1.54, 1.807) is 4.80 Å². The fraction of sp³-hybridized carbons (Fsp3) is 0.467. The SMILES string of the molecule is Cl.Cn1nc(CNC2CCCC2)c(-c2ccccc2)n1. The first-order valence-corrected chi connectivity index (χ1v) is 7.02. The van der Waals surface area contributed by atoms with E-state index in [1.807, 2.05) is 25.2 Å². The fourth-order valence-corrected chi connectivity index (χ4v) is 2.76. The highest BCUT2D eigenvalue weighted by atomic mass is 35.5. The van der Waals surface area contributed by atoms with Gasteiger partial charge in [0.1, 0.15) is 11.4 Å². The molecule has 4 nitrogen and oxygen atoms in total. The molecular formula is C15H21ClN4. The minimum atomic E-state index is 0. The quantitative estimate of drug-likeness (QED) is 0.942. The van der Waals surface area contributed by atoms with Gasteiger partial charge in [-0.1, -0.05) is 43.2 Å². The van der Waals surface area contributed by atoms with E-state index in [4.69, 9.17) is 0 Å². The minimum absolute atomic E-state index is 0. The Kier molecular flexibility index (Phi) is 5.15. The molecule has 20 heavy (non-hydrogen) atoms. The van der Waals surface area contributed by atoms with Crippen molar-refractivity contribution in [2.24, 2.45) is 7.05 Å². The molecule has 108 valence electrons. The number of hydrogen-bond acceptors (Lipinski definition) is 3. The third-order valence-corrected chi connectivity index (χ3v) is 3.74. The van der Waals surface area contributed by atoms with Crippen molar-refractivity contribution < 1.29 is 0 Å². The Morgan fingerprint density at radius 2 is 1.85 bits per heavy atom. The topological polar surface area (TPSA) is 42.7 Å². The maximum absolute atomic E-state index is 4.49. The minimum Gasteiger partial charge on any atom is -0.308 e. The number of aryl methyl sites for hydroxylation is 1. The number of halogens is 1. The molecule has 1 saturated carbocycles. The summed E-state index contributed by atoms with van der Waals surface area (Å²) in [4.78, 5) is 1.66. The first-order valence-electron chi connectivity index (χ1n) is 7.02. The molecule has 0 spiro atoms. The zero-order chi connectivity index (χ0) is 13.1. The van der Waals surface area contributed by atoms with Gasteiger partial charge in [0.15, 0.2) is 0 Å². The molecule has 0 unspecified atom stereocenters. The second-order valence-corrected chi connectivity index (χ2v) is 5.21. The van der Waals surface area contributed by atoms with E-state index in [1.165, 1.54) is 25.7 Å². The number of nitrogens with one attached hydrogen (secondary N) is 1. The van der Waals surface area contributed by atoms with Gasteiger partial charge in [0.2, 0.25) is 0 Å². The highest BCUT2D eigenvalue weighted by molar-refractivity contribution is 5.85. The molecule has 3 rings (SSSR count). The third kappa shape index (κ3) is 3.38. The highest BCUT2D eigenvalue weighted by Gasteiger charge is 2.17. The molecule has 5 heteroatoms. The van der Waals surface area contributed by atoms with E-state index in [0.717, 1.165) is 23.5 Å². The largest absolute Gasteiger partial charge is 0.308 e. The van der Waals surface area contributed by atoms with Gasteiger partial charge in [-0.05, 0) is 12.8 Å². The summed E-state index contributed by atoms with van der Waals surface area (Å²) in [5.74, 6) is 0. The molecule has 1 aliphatic rings. The lowest BCUT2D eigenvalue weighted by molar-refractivity contribution is 0.515. The summed E-state index contributed by atoms with van der Waals surface area (Å²) < 4.78 is 0. The second kappa shape index (κ2) is 6.86. The van der Waals surface area contributed by atoms with Crippen LogP contribution in [0.5, 0.6) is 0 Å². The monoisotopic (exact) mass is 292 g/mol.